The topological polar surface area (TPSA) is 79.5 Å². The van der Waals surface area contributed by atoms with Crippen LogP contribution in [0.15, 0.2) is 47.1 Å². The average Bonchev–Trinajstić information content (AvgIpc) is 2.96. The molecular weight excluding hydrogens is 377 g/mol. The van der Waals surface area contributed by atoms with Crippen molar-refractivity contribution in [2.75, 3.05) is 4.90 Å². The Morgan fingerprint density at radius 2 is 2.00 bits per heavy atom. The van der Waals surface area contributed by atoms with Crippen LogP contribution in [0, 0.1) is 6.92 Å². The van der Waals surface area contributed by atoms with E-state index in [1.807, 2.05) is 6.07 Å². The predicted molar refractivity (Wildman–Crippen MR) is 99.9 cm³/mol. The number of halogens is 2. The monoisotopic (exact) mass is 391 g/mol. The van der Waals surface area contributed by atoms with Crippen molar-refractivity contribution < 1.29 is 14.4 Å². The van der Waals surface area contributed by atoms with Crippen LogP contribution in [0.2, 0.25) is 10.2 Å². The summed E-state index contributed by atoms with van der Waals surface area (Å²) < 4.78 is 5.41. The zero-order valence-electron chi connectivity index (χ0n) is 14.0. The van der Waals surface area contributed by atoms with Gasteiger partial charge in [-0.2, -0.15) is 0 Å². The highest BCUT2D eigenvalue weighted by Crippen LogP contribution is 2.39. The minimum atomic E-state index is -1.15. The third-order valence-electron chi connectivity index (χ3n) is 4.01. The highest BCUT2D eigenvalue weighted by atomic mass is 35.5. The van der Waals surface area contributed by atoms with Gasteiger partial charge in [-0.3, -0.25) is 4.90 Å². The van der Waals surface area contributed by atoms with Crippen LogP contribution < -0.4 is 4.90 Å². The highest BCUT2D eigenvalue weighted by Gasteiger charge is 2.31. The van der Waals surface area contributed by atoms with Crippen LogP contribution in [0.25, 0.3) is 11.3 Å². The lowest BCUT2D eigenvalue weighted by atomic mass is 10.0. The first-order valence-corrected chi connectivity index (χ1v) is 8.50. The number of nitrogens with zero attached hydrogens (tertiary/aromatic N) is 3. The fourth-order valence-corrected chi connectivity index (χ4v) is 3.26. The van der Waals surface area contributed by atoms with Gasteiger partial charge in [0.25, 0.3) is 0 Å². The van der Waals surface area contributed by atoms with Gasteiger partial charge in [-0.15, -0.1) is 0 Å². The zero-order chi connectivity index (χ0) is 18.8. The summed E-state index contributed by atoms with van der Waals surface area (Å²) in [6, 6.07) is 9.81. The number of amides is 1. The number of benzene rings is 1. The Balaban J connectivity index is 2.14. The van der Waals surface area contributed by atoms with E-state index in [4.69, 9.17) is 27.7 Å². The molecule has 1 N–H and O–H groups in total. The van der Waals surface area contributed by atoms with Crippen molar-refractivity contribution >= 4 is 35.0 Å². The van der Waals surface area contributed by atoms with E-state index in [1.54, 1.807) is 44.2 Å². The number of aryl methyl sites for hydroxylation is 1. The van der Waals surface area contributed by atoms with Crippen LogP contribution >= 0.6 is 23.2 Å². The summed E-state index contributed by atoms with van der Waals surface area (Å²) in [5.41, 5.74) is 2.04. The van der Waals surface area contributed by atoms with Gasteiger partial charge in [-0.25, -0.2) is 9.78 Å². The normalized spacial score (nSPS) is 12.0. The van der Waals surface area contributed by atoms with Gasteiger partial charge in [-0.1, -0.05) is 46.6 Å². The van der Waals surface area contributed by atoms with Gasteiger partial charge in [0.15, 0.2) is 5.76 Å². The molecular formula is C18H15Cl2N3O3. The van der Waals surface area contributed by atoms with E-state index in [0.29, 0.717) is 33.3 Å². The van der Waals surface area contributed by atoms with Gasteiger partial charge >= 0.3 is 6.09 Å². The van der Waals surface area contributed by atoms with E-state index in [1.165, 1.54) is 11.1 Å². The molecule has 2 aromatic heterocycles. The van der Waals surface area contributed by atoms with Crippen LogP contribution in [0.5, 0.6) is 0 Å². The average molecular weight is 392 g/mol. The van der Waals surface area contributed by atoms with Gasteiger partial charge in [0.2, 0.25) is 0 Å². The molecule has 0 spiro atoms. The fraction of sp³-hybridized carbons (Fsp3) is 0.167. The highest BCUT2D eigenvalue weighted by molar-refractivity contribution is 6.31. The minimum Gasteiger partial charge on any atom is -0.465 e. The maximum absolute atomic E-state index is 12.1. The maximum atomic E-state index is 12.1. The number of rotatable bonds is 4. The lowest BCUT2D eigenvalue weighted by Crippen LogP contribution is -2.33. The van der Waals surface area contributed by atoms with Crippen LogP contribution in [-0.4, -0.2) is 21.3 Å². The Morgan fingerprint density at radius 3 is 2.65 bits per heavy atom. The second-order valence-corrected chi connectivity index (χ2v) is 6.46. The Morgan fingerprint density at radius 1 is 1.27 bits per heavy atom. The third-order valence-corrected chi connectivity index (χ3v) is 4.56. The van der Waals surface area contributed by atoms with E-state index in [-0.39, 0.29) is 5.15 Å². The Kier molecular flexibility index (Phi) is 5.15. The molecule has 0 radical (unpaired) electrons. The molecule has 6 nitrogen and oxygen atoms in total. The van der Waals surface area contributed by atoms with E-state index in [9.17, 15) is 9.90 Å². The summed E-state index contributed by atoms with van der Waals surface area (Å²) in [6.07, 6.45) is 0.368. The number of anilines is 1. The van der Waals surface area contributed by atoms with E-state index in [0.717, 1.165) is 0 Å². The molecule has 1 amide bonds. The molecule has 2 heterocycles. The molecule has 0 saturated heterocycles. The molecule has 0 aliphatic rings. The smallest absolute Gasteiger partial charge is 0.412 e. The first-order valence-electron chi connectivity index (χ1n) is 7.75. The third kappa shape index (κ3) is 3.38. The number of pyridine rings is 1. The van der Waals surface area contributed by atoms with Gasteiger partial charge in [0.05, 0.1) is 6.04 Å². The number of carbonyl (C=O) groups is 1. The first-order chi connectivity index (χ1) is 12.4. The van der Waals surface area contributed by atoms with Crippen LogP contribution in [-0.2, 0) is 0 Å². The second-order valence-electron chi connectivity index (χ2n) is 5.66. The van der Waals surface area contributed by atoms with Gasteiger partial charge < -0.3 is 9.63 Å². The van der Waals surface area contributed by atoms with Crippen molar-refractivity contribution in [3.63, 3.8) is 0 Å². The summed E-state index contributed by atoms with van der Waals surface area (Å²) in [7, 11) is 0. The molecule has 0 aliphatic heterocycles. The van der Waals surface area contributed by atoms with Crippen molar-refractivity contribution in [1.29, 1.82) is 0 Å². The standard InChI is InChI=1S/C18H15Cl2N3O3/c1-10-16(17(26-22-10)12-7-8-21-15(20)9-12)23(18(24)25)11(2)13-5-3-4-6-14(13)19/h3-9,11H,1-2H3,(H,24,25). The molecule has 8 heteroatoms. The van der Waals surface area contributed by atoms with Crippen molar-refractivity contribution in [1.82, 2.24) is 10.1 Å². The van der Waals surface area contributed by atoms with Gasteiger partial charge in [-0.05, 0) is 37.6 Å². The molecule has 1 aromatic carbocycles. The van der Waals surface area contributed by atoms with Crippen LogP contribution in [0.3, 0.4) is 0 Å². The predicted octanol–water partition coefficient (Wildman–Crippen LogP) is 5.60. The number of aromatic nitrogens is 2. The molecule has 3 aromatic rings. The molecule has 134 valence electrons. The lowest BCUT2D eigenvalue weighted by Gasteiger charge is -2.27. The Bertz CT molecular complexity index is 958. The SMILES string of the molecule is Cc1noc(-c2ccnc(Cl)c2)c1N(C(=O)O)C(C)c1ccccc1Cl. The fourth-order valence-electron chi connectivity index (χ4n) is 2.79. The number of hydrogen-bond donors (Lipinski definition) is 1. The van der Waals surface area contributed by atoms with Crippen LogP contribution in [0.4, 0.5) is 10.5 Å². The van der Waals surface area contributed by atoms with Crippen molar-refractivity contribution in [2.24, 2.45) is 0 Å². The molecule has 0 saturated carbocycles. The van der Waals surface area contributed by atoms with Crippen molar-refractivity contribution in [3.05, 3.63) is 64.0 Å². The van der Waals surface area contributed by atoms with Crippen molar-refractivity contribution in [3.8, 4) is 11.3 Å². The molecule has 26 heavy (non-hydrogen) atoms. The largest absolute Gasteiger partial charge is 0.465 e. The van der Waals surface area contributed by atoms with Crippen LogP contribution in [0.1, 0.15) is 24.2 Å². The summed E-state index contributed by atoms with van der Waals surface area (Å²) in [4.78, 5) is 17.2. The van der Waals surface area contributed by atoms with E-state index < -0.39 is 12.1 Å². The van der Waals surface area contributed by atoms with Gasteiger partial charge in [0.1, 0.15) is 16.5 Å². The number of hydrogen-bond acceptors (Lipinski definition) is 4. The summed E-state index contributed by atoms with van der Waals surface area (Å²) in [5.74, 6) is 0.299. The zero-order valence-corrected chi connectivity index (χ0v) is 15.5. The van der Waals surface area contributed by atoms with E-state index in [2.05, 4.69) is 10.1 Å². The summed E-state index contributed by atoms with van der Waals surface area (Å²) >= 11 is 12.2. The molecule has 1 unspecified atom stereocenters. The minimum absolute atomic E-state index is 0.267. The molecule has 0 fully saturated rings. The summed E-state index contributed by atoms with van der Waals surface area (Å²) in [6.45, 7) is 3.44. The second kappa shape index (κ2) is 7.35. The van der Waals surface area contributed by atoms with E-state index >= 15 is 0 Å². The molecule has 3 rings (SSSR count). The Hall–Kier alpha value is -2.57. The first kappa shape index (κ1) is 18.2. The lowest BCUT2D eigenvalue weighted by molar-refractivity contribution is 0.199. The maximum Gasteiger partial charge on any atom is 0.412 e. The van der Waals surface area contributed by atoms with Crippen molar-refractivity contribution in [2.45, 2.75) is 19.9 Å². The Labute approximate surface area is 160 Å². The van der Waals surface area contributed by atoms with Gasteiger partial charge in [0, 0.05) is 16.8 Å². The molecule has 0 bridgehead atoms. The number of carboxylic acid groups (broad SMARTS) is 1. The summed E-state index contributed by atoms with van der Waals surface area (Å²) in [5, 5.41) is 14.6. The quantitative estimate of drug-likeness (QED) is 0.585. The molecule has 1 atom stereocenters. The molecule has 0 aliphatic carbocycles.